The van der Waals surface area contributed by atoms with Crippen LogP contribution in [0, 0.1) is 5.41 Å². The smallest absolute Gasteiger partial charge is 0.310 e. The van der Waals surface area contributed by atoms with Gasteiger partial charge in [-0.25, -0.2) is 0 Å². The number of hydrogen-bond acceptors (Lipinski definition) is 3. The Balaban J connectivity index is 1.98. The molecule has 0 atom stereocenters. The summed E-state index contributed by atoms with van der Waals surface area (Å²) in [6.45, 7) is 1.38. The van der Waals surface area contributed by atoms with Gasteiger partial charge in [-0.2, -0.15) is 5.10 Å². The first-order chi connectivity index (χ1) is 9.02. The SMILES string of the molecule is CN(Cc1cnn(C)c1)CC1(C(=O)O)CCCCC1. The van der Waals surface area contributed by atoms with Gasteiger partial charge < -0.3 is 10.0 Å². The van der Waals surface area contributed by atoms with E-state index in [9.17, 15) is 9.90 Å². The lowest BCUT2D eigenvalue weighted by Gasteiger charge is -2.36. The fraction of sp³-hybridized carbons (Fsp3) is 0.714. The summed E-state index contributed by atoms with van der Waals surface area (Å²) in [5.41, 5.74) is 0.580. The van der Waals surface area contributed by atoms with Crippen molar-refractivity contribution in [2.75, 3.05) is 13.6 Å². The molecule has 5 heteroatoms. The molecule has 0 aliphatic heterocycles. The maximum absolute atomic E-state index is 11.6. The van der Waals surface area contributed by atoms with Crippen LogP contribution in [0.2, 0.25) is 0 Å². The zero-order valence-corrected chi connectivity index (χ0v) is 11.8. The van der Waals surface area contributed by atoms with Gasteiger partial charge in [0.25, 0.3) is 0 Å². The Morgan fingerprint density at radius 2 is 2.16 bits per heavy atom. The molecular weight excluding hydrogens is 242 g/mol. The standard InChI is InChI=1S/C14H23N3O2/c1-16(9-12-8-15-17(2)10-12)11-14(13(18)19)6-4-3-5-7-14/h8,10H,3-7,9,11H2,1-2H3,(H,18,19). The van der Waals surface area contributed by atoms with E-state index in [1.807, 2.05) is 26.5 Å². The van der Waals surface area contributed by atoms with E-state index in [1.54, 1.807) is 4.68 Å². The first-order valence-electron chi connectivity index (χ1n) is 6.91. The van der Waals surface area contributed by atoms with Crippen molar-refractivity contribution in [1.29, 1.82) is 0 Å². The average Bonchev–Trinajstić information content (AvgIpc) is 2.75. The summed E-state index contributed by atoms with van der Waals surface area (Å²) < 4.78 is 1.77. The summed E-state index contributed by atoms with van der Waals surface area (Å²) in [6.07, 6.45) is 8.66. The van der Waals surface area contributed by atoms with Gasteiger partial charge in [0.05, 0.1) is 11.6 Å². The van der Waals surface area contributed by atoms with E-state index >= 15 is 0 Å². The Morgan fingerprint density at radius 1 is 1.47 bits per heavy atom. The van der Waals surface area contributed by atoms with Crippen LogP contribution in [0.1, 0.15) is 37.7 Å². The van der Waals surface area contributed by atoms with Gasteiger partial charge >= 0.3 is 5.97 Å². The van der Waals surface area contributed by atoms with Gasteiger partial charge in [-0.1, -0.05) is 19.3 Å². The van der Waals surface area contributed by atoms with E-state index in [-0.39, 0.29) is 0 Å². The number of hydrogen-bond donors (Lipinski definition) is 1. The molecule has 19 heavy (non-hydrogen) atoms. The first-order valence-corrected chi connectivity index (χ1v) is 6.91. The van der Waals surface area contributed by atoms with Gasteiger partial charge in [0, 0.05) is 31.9 Å². The normalized spacial score (nSPS) is 18.7. The molecule has 0 radical (unpaired) electrons. The molecule has 1 heterocycles. The molecule has 0 spiro atoms. The van der Waals surface area contributed by atoms with Crippen molar-refractivity contribution >= 4 is 5.97 Å². The Bertz CT molecular complexity index is 436. The molecular formula is C14H23N3O2. The lowest BCUT2D eigenvalue weighted by molar-refractivity contribution is -0.152. The summed E-state index contributed by atoms with van der Waals surface area (Å²) in [5.74, 6) is -0.634. The van der Waals surface area contributed by atoms with Crippen LogP contribution in [0.4, 0.5) is 0 Å². The molecule has 0 unspecified atom stereocenters. The predicted octanol–water partition coefficient (Wildman–Crippen LogP) is 1.89. The third kappa shape index (κ3) is 3.35. The van der Waals surface area contributed by atoms with Crippen molar-refractivity contribution in [3.63, 3.8) is 0 Å². The Hall–Kier alpha value is -1.36. The molecule has 1 N–H and O–H groups in total. The minimum absolute atomic E-state index is 0.546. The van der Waals surface area contributed by atoms with Crippen molar-refractivity contribution in [3.8, 4) is 0 Å². The van der Waals surface area contributed by atoms with E-state index in [1.165, 1.54) is 6.42 Å². The van der Waals surface area contributed by atoms with Gasteiger partial charge in [-0.3, -0.25) is 9.48 Å². The minimum atomic E-state index is -0.634. The van der Waals surface area contributed by atoms with Crippen LogP contribution in [0.3, 0.4) is 0 Å². The number of aromatic nitrogens is 2. The minimum Gasteiger partial charge on any atom is -0.481 e. The second-order valence-electron chi connectivity index (χ2n) is 5.84. The predicted molar refractivity (Wildman–Crippen MR) is 72.7 cm³/mol. The maximum atomic E-state index is 11.6. The molecule has 1 saturated carbocycles. The molecule has 1 aliphatic carbocycles. The number of aryl methyl sites for hydroxylation is 1. The molecule has 1 aliphatic rings. The van der Waals surface area contributed by atoms with Gasteiger partial charge in [0.2, 0.25) is 0 Å². The molecule has 1 aromatic rings. The Labute approximate surface area is 114 Å². The molecule has 5 nitrogen and oxygen atoms in total. The summed E-state index contributed by atoms with van der Waals surface area (Å²) in [7, 11) is 3.88. The fourth-order valence-electron chi connectivity index (χ4n) is 3.11. The van der Waals surface area contributed by atoms with Gasteiger partial charge in [0.15, 0.2) is 0 Å². The van der Waals surface area contributed by atoms with Crippen molar-refractivity contribution in [2.24, 2.45) is 12.5 Å². The zero-order chi connectivity index (χ0) is 13.9. The molecule has 0 amide bonds. The topological polar surface area (TPSA) is 58.4 Å². The van der Waals surface area contributed by atoms with Gasteiger partial charge in [-0.15, -0.1) is 0 Å². The number of nitrogens with zero attached hydrogens (tertiary/aromatic N) is 3. The van der Waals surface area contributed by atoms with Crippen LogP contribution in [0.5, 0.6) is 0 Å². The number of carboxylic acids is 1. The lowest BCUT2D eigenvalue weighted by Crippen LogP contribution is -2.43. The monoisotopic (exact) mass is 265 g/mol. The highest BCUT2D eigenvalue weighted by Crippen LogP contribution is 2.37. The fourth-order valence-corrected chi connectivity index (χ4v) is 3.11. The van der Waals surface area contributed by atoms with Crippen LogP contribution < -0.4 is 0 Å². The number of aliphatic carboxylic acids is 1. The first kappa shape index (κ1) is 14.1. The number of rotatable bonds is 5. The van der Waals surface area contributed by atoms with Crippen LogP contribution in [-0.2, 0) is 18.4 Å². The number of carbonyl (C=O) groups is 1. The van der Waals surface area contributed by atoms with Crippen molar-refractivity contribution in [1.82, 2.24) is 14.7 Å². The molecule has 1 fully saturated rings. The van der Waals surface area contributed by atoms with E-state index in [4.69, 9.17) is 0 Å². The molecule has 0 aromatic carbocycles. The van der Waals surface area contributed by atoms with E-state index in [0.29, 0.717) is 6.54 Å². The van der Waals surface area contributed by atoms with Crippen LogP contribution in [0.25, 0.3) is 0 Å². The van der Waals surface area contributed by atoms with Gasteiger partial charge in [-0.05, 0) is 19.9 Å². The highest BCUT2D eigenvalue weighted by Gasteiger charge is 2.40. The highest BCUT2D eigenvalue weighted by molar-refractivity contribution is 5.75. The van der Waals surface area contributed by atoms with E-state index < -0.39 is 11.4 Å². The van der Waals surface area contributed by atoms with Crippen LogP contribution >= 0.6 is 0 Å². The van der Waals surface area contributed by atoms with E-state index in [2.05, 4.69) is 10.00 Å². The lowest BCUT2D eigenvalue weighted by atomic mass is 9.73. The largest absolute Gasteiger partial charge is 0.481 e. The van der Waals surface area contributed by atoms with Crippen molar-refractivity contribution in [2.45, 2.75) is 38.6 Å². The molecule has 2 rings (SSSR count). The second kappa shape index (κ2) is 5.74. The highest BCUT2D eigenvalue weighted by atomic mass is 16.4. The summed E-state index contributed by atoms with van der Waals surface area (Å²) >= 11 is 0. The molecule has 1 aromatic heterocycles. The van der Waals surface area contributed by atoms with Crippen molar-refractivity contribution in [3.05, 3.63) is 18.0 Å². The Kier molecular flexibility index (Phi) is 4.24. The summed E-state index contributed by atoms with van der Waals surface area (Å²) in [4.78, 5) is 13.7. The van der Waals surface area contributed by atoms with Crippen LogP contribution in [-0.4, -0.2) is 39.3 Å². The molecule has 0 bridgehead atoms. The van der Waals surface area contributed by atoms with Crippen LogP contribution in [0.15, 0.2) is 12.4 Å². The number of carboxylic acid groups (broad SMARTS) is 1. The average molecular weight is 265 g/mol. The Morgan fingerprint density at radius 3 is 2.68 bits per heavy atom. The summed E-state index contributed by atoms with van der Waals surface area (Å²) in [6, 6.07) is 0. The quantitative estimate of drug-likeness (QED) is 0.883. The van der Waals surface area contributed by atoms with Crippen molar-refractivity contribution < 1.29 is 9.90 Å². The molecule has 106 valence electrons. The third-order valence-corrected chi connectivity index (χ3v) is 4.05. The molecule has 0 saturated heterocycles. The maximum Gasteiger partial charge on any atom is 0.310 e. The summed E-state index contributed by atoms with van der Waals surface area (Å²) in [5, 5.41) is 13.7. The zero-order valence-electron chi connectivity index (χ0n) is 11.8. The third-order valence-electron chi connectivity index (χ3n) is 4.05. The van der Waals surface area contributed by atoms with E-state index in [0.717, 1.165) is 37.8 Å². The second-order valence-corrected chi connectivity index (χ2v) is 5.84. The van der Waals surface area contributed by atoms with Gasteiger partial charge in [0.1, 0.15) is 0 Å².